The SMILES string of the molecule is CC1(C)CCCC(C)(C)N1O[C@@H]1/C=C\[C@@H]([C@H]2/C=C\[C@@H](ON3C(C)(C)CCCC3(C)C)CCCC2)CCCC1. The van der Waals surface area contributed by atoms with Gasteiger partial charge in [0.15, 0.2) is 0 Å². The Kier molecular flexibility index (Phi) is 9.60. The Labute approximate surface area is 235 Å². The molecule has 0 spiro atoms. The second-order valence-electron chi connectivity index (χ2n) is 15.5. The van der Waals surface area contributed by atoms with E-state index in [4.69, 9.17) is 9.68 Å². The minimum Gasteiger partial charge on any atom is -0.291 e. The molecule has 2 heterocycles. The van der Waals surface area contributed by atoms with Crippen LogP contribution >= 0.6 is 0 Å². The van der Waals surface area contributed by atoms with Gasteiger partial charge in [-0.2, -0.15) is 10.1 Å². The predicted octanol–water partition coefficient (Wildman–Crippen LogP) is 9.17. The van der Waals surface area contributed by atoms with E-state index in [-0.39, 0.29) is 34.4 Å². The summed E-state index contributed by atoms with van der Waals surface area (Å²) in [6.45, 7) is 18.8. The Bertz CT molecular complexity index is 726. The van der Waals surface area contributed by atoms with Crippen LogP contribution in [-0.4, -0.2) is 44.5 Å². The third-order valence-electron chi connectivity index (χ3n) is 10.1. The third kappa shape index (κ3) is 7.33. The summed E-state index contributed by atoms with van der Waals surface area (Å²) in [4.78, 5) is 13.6. The van der Waals surface area contributed by atoms with E-state index in [1.807, 2.05) is 0 Å². The lowest BCUT2D eigenvalue weighted by Gasteiger charge is -2.52. The van der Waals surface area contributed by atoms with Crippen LogP contribution in [0.5, 0.6) is 0 Å². The lowest BCUT2D eigenvalue weighted by atomic mass is 9.80. The molecular weight excluding hydrogens is 468 g/mol. The maximum Gasteiger partial charge on any atom is 0.0974 e. The second kappa shape index (κ2) is 12.0. The normalized spacial score (nSPS) is 37.8. The van der Waals surface area contributed by atoms with Gasteiger partial charge in [-0.3, -0.25) is 9.68 Å². The molecule has 0 amide bonds. The third-order valence-corrected chi connectivity index (χ3v) is 10.1. The lowest BCUT2D eigenvalue weighted by molar-refractivity contribution is -0.297. The summed E-state index contributed by atoms with van der Waals surface area (Å²) in [5, 5.41) is 4.71. The van der Waals surface area contributed by atoms with Crippen molar-refractivity contribution in [3.05, 3.63) is 24.3 Å². The highest BCUT2D eigenvalue weighted by molar-refractivity contribution is 5.06. The van der Waals surface area contributed by atoms with E-state index in [1.165, 1.54) is 77.0 Å². The summed E-state index contributed by atoms with van der Waals surface area (Å²) in [6, 6.07) is 0. The predicted molar refractivity (Wildman–Crippen MR) is 160 cm³/mol. The van der Waals surface area contributed by atoms with E-state index in [0.717, 1.165) is 12.8 Å². The van der Waals surface area contributed by atoms with Crippen molar-refractivity contribution in [1.82, 2.24) is 10.1 Å². The maximum absolute atomic E-state index is 6.82. The molecule has 0 aromatic carbocycles. The van der Waals surface area contributed by atoms with E-state index in [0.29, 0.717) is 11.8 Å². The number of nitrogens with zero attached hydrogens (tertiary/aromatic N) is 2. The fourth-order valence-corrected chi connectivity index (χ4v) is 8.05. The number of piperidine rings is 2. The second-order valence-corrected chi connectivity index (χ2v) is 15.5. The Balaban J connectivity index is 1.43. The lowest BCUT2D eigenvalue weighted by Crippen LogP contribution is -2.59. The van der Waals surface area contributed by atoms with E-state index in [9.17, 15) is 0 Å². The quantitative estimate of drug-likeness (QED) is 0.332. The fraction of sp³-hybridized carbons (Fsp3) is 0.882. The van der Waals surface area contributed by atoms with Crippen LogP contribution < -0.4 is 0 Å². The van der Waals surface area contributed by atoms with E-state index >= 15 is 0 Å². The number of hydrogen-bond donors (Lipinski definition) is 0. The first kappa shape index (κ1) is 30.3. The number of hydroxylamine groups is 4. The van der Waals surface area contributed by atoms with E-state index in [2.05, 4.69) is 89.8 Å². The average Bonchev–Trinajstić information content (AvgIpc) is 2.76. The molecule has 4 rings (SSSR count). The molecule has 0 bridgehead atoms. The van der Waals surface area contributed by atoms with Crippen molar-refractivity contribution in [2.24, 2.45) is 11.8 Å². The van der Waals surface area contributed by atoms with Crippen LogP contribution in [0.4, 0.5) is 0 Å². The summed E-state index contributed by atoms with van der Waals surface area (Å²) < 4.78 is 0. The smallest absolute Gasteiger partial charge is 0.0974 e. The van der Waals surface area contributed by atoms with Gasteiger partial charge < -0.3 is 0 Å². The molecule has 38 heavy (non-hydrogen) atoms. The van der Waals surface area contributed by atoms with Gasteiger partial charge in [-0.25, -0.2) is 0 Å². The van der Waals surface area contributed by atoms with E-state index < -0.39 is 0 Å². The highest BCUT2D eigenvalue weighted by Crippen LogP contribution is 2.41. The zero-order valence-electron chi connectivity index (χ0n) is 26.2. The van der Waals surface area contributed by atoms with Gasteiger partial charge in [0.25, 0.3) is 0 Å². The number of rotatable bonds is 5. The van der Waals surface area contributed by atoms with Crippen molar-refractivity contribution in [3.8, 4) is 0 Å². The Morgan fingerprint density at radius 2 is 0.763 bits per heavy atom. The molecule has 0 N–H and O–H groups in total. The van der Waals surface area contributed by atoms with Crippen molar-refractivity contribution in [1.29, 1.82) is 0 Å². The molecule has 4 atom stereocenters. The van der Waals surface area contributed by atoms with Gasteiger partial charge in [0, 0.05) is 22.2 Å². The summed E-state index contributed by atoms with van der Waals surface area (Å²) in [6.07, 6.45) is 27.6. The van der Waals surface area contributed by atoms with Crippen LogP contribution in [0, 0.1) is 11.8 Å². The largest absolute Gasteiger partial charge is 0.291 e. The standard InChI is InChI=1S/C34H60N2O2/c1-31(2)23-13-24-32(3,4)35(31)37-29-17-11-9-15-27(19-21-29)28-16-10-12-18-30(22-20-28)38-36-33(5,6)25-14-26-34(36,7)8/h19-22,27-30H,9-18,23-26H2,1-8H3/b21-19-,22-20-/t27-,28+,29-,30-/m0/s1. The molecule has 0 aromatic heterocycles. The first-order valence-electron chi connectivity index (χ1n) is 16.1. The van der Waals surface area contributed by atoms with Gasteiger partial charge in [0.1, 0.15) is 0 Å². The zero-order valence-corrected chi connectivity index (χ0v) is 26.2. The van der Waals surface area contributed by atoms with E-state index in [1.54, 1.807) is 0 Å². The summed E-state index contributed by atoms with van der Waals surface area (Å²) in [7, 11) is 0. The Morgan fingerprint density at radius 3 is 1.11 bits per heavy atom. The Hall–Kier alpha value is -0.680. The molecule has 4 nitrogen and oxygen atoms in total. The zero-order chi connectivity index (χ0) is 27.6. The molecular formula is C34H60N2O2. The average molecular weight is 529 g/mol. The van der Waals surface area contributed by atoms with Gasteiger partial charge in [-0.15, -0.1) is 0 Å². The molecule has 2 saturated heterocycles. The van der Waals surface area contributed by atoms with Gasteiger partial charge in [-0.1, -0.05) is 50.0 Å². The van der Waals surface area contributed by atoms with Crippen LogP contribution in [0.3, 0.4) is 0 Å². The summed E-state index contributed by atoms with van der Waals surface area (Å²) >= 11 is 0. The van der Waals surface area contributed by atoms with Gasteiger partial charge >= 0.3 is 0 Å². The monoisotopic (exact) mass is 528 g/mol. The molecule has 0 unspecified atom stereocenters. The molecule has 0 aromatic rings. The molecule has 2 fully saturated rings. The van der Waals surface area contributed by atoms with Gasteiger partial charge in [0.2, 0.25) is 0 Å². The molecule has 4 aliphatic rings. The van der Waals surface area contributed by atoms with Crippen LogP contribution in [0.25, 0.3) is 0 Å². The van der Waals surface area contributed by atoms with Gasteiger partial charge in [0.05, 0.1) is 12.2 Å². The summed E-state index contributed by atoms with van der Waals surface area (Å²) in [5.41, 5.74) is 0.358. The molecule has 4 heteroatoms. The topological polar surface area (TPSA) is 24.9 Å². The highest BCUT2D eigenvalue weighted by Gasteiger charge is 2.44. The van der Waals surface area contributed by atoms with Crippen molar-refractivity contribution in [2.45, 2.75) is 180 Å². The number of allylic oxidation sites excluding steroid dienone is 2. The molecule has 218 valence electrons. The molecule has 2 aliphatic carbocycles. The maximum atomic E-state index is 6.82. The molecule has 0 saturated carbocycles. The van der Waals surface area contributed by atoms with Crippen LogP contribution in [0.2, 0.25) is 0 Å². The van der Waals surface area contributed by atoms with Crippen LogP contribution in [0.1, 0.15) is 145 Å². The fourth-order valence-electron chi connectivity index (χ4n) is 8.05. The Morgan fingerprint density at radius 1 is 0.447 bits per heavy atom. The minimum atomic E-state index is 0.0894. The van der Waals surface area contributed by atoms with Crippen molar-refractivity contribution < 1.29 is 9.68 Å². The highest BCUT2D eigenvalue weighted by atomic mass is 16.7. The molecule has 2 aliphatic heterocycles. The van der Waals surface area contributed by atoms with Crippen LogP contribution in [-0.2, 0) is 9.68 Å². The summed E-state index contributed by atoms with van der Waals surface area (Å²) in [5.74, 6) is 1.20. The number of hydrogen-bond acceptors (Lipinski definition) is 4. The van der Waals surface area contributed by atoms with Gasteiger partial charge in [-0.05, 0) is 131 Å². The van der Waals surface area contributed by atoms with Crippen molar-refractivity contribution in [3.63, 3.8) is 0 Å². The minimum absolute atomic E-state index is 0.0894. The van der Waals surface area contributed by atoms with Crippen LogP contribution in [0.15, 0.2) is 24.3 Å². The first-order chi connectivity index (χ1) is 17.8. The molecule has 0 radical (unpaired) electrons. The van der Waals surface area contributed by atoms with Crippen molar-refractivity contribution in [2.75, 3.05) is 0 Å². The van der Waals surface area contributed by atoms with Crippen molar-refractivity contribution >= 4 is 0 Å². The first-order valence-corrected chi connectivity index (χ1v) is 16.1.